The van der Waals surface area contributed by atoms with Crippen LogP contribution < -0.4 is 20.3 Å². The lowest BCUT2D eigenvalue weighted by atomic mass is 10.2. The Bertz CT molecular complexity index is 1230. The number of rotatable bonds is 6. The Labute approximate surface area is 193 Å². The smallest absolute Gasteiger partial charge is 0.226 e. The van der Waals surface area contributed by atoms with Gasteiger partial charge in [0.25, 0.3) is 0 Å². The normalized spacial score (nSPS) is 20.2. The molecule has 3 fully saturated rings. The summed E-state index contributed by atoms with van der Waals surface area (Å²) in [5.41, 5.74) is -0.0209. The lowest BCUT2D eigenvalue weighted by Gasteiger charge is -2.34. The van der Waals surface area contributed by atoms with Gasteiger partial charge in [0, 0.05) is 25.2 Å². The van der Waals surface area contributed by atoms with Crippen LogP contribution in [0.25, 0.3) is 11.0 Å². The van der Waals surface area contributed by atoms with E-state index in [1.54, 1.807) is 6.20 Å². The third-order valence-electron chi connectivity index (χ3n) is 6.46. The van der Waals surface area contributed by atoms with E-state index in [2.05, 4.69) is 30.5 Å². The predicted octanol–water partition coefficient (Wildman–Crippen LogP) is 3.78. The van der Waals surface area contributed by atoms with E-state index in [1.807, 2.05) is 0 Å². The van der Waals surface area contributed by atoms with Gasteiger partial charge in [-0.05, 0) is 37.8 Å². The topological polar surface area (TPSA) is 88.1 Å². The molecule has 3 aromatic rings. The van der Waals surface area contributed by atoms with Gasteiger partial charge in [0.15, 0.2) is 11.6 Å². The van der Waals surface area contributed by atoms with Gasteiger partial charge in [-0.3, -0.25) is 0 Å². The average Bonchev–Trinajstić information content (AvgIpc) is 3.75. The maximum absolute atomic E-state index is 15.0. The summed E-state index contributed by atoms with van der Waals surface area (Å²) in [6, 6.07) is 3.00. The Hall–Kier alpha value is -2.85. The number of alkyl halides is 1. The fourth-order valence-electron chi connectivity index (χ4n) is 4.06. The highest BCUT2D eigenvalue weighted by molar-refractivity contribution is 6.32. The van der Waals surface area contributed by atoms with E-state index in [0.717, 1.165) is 32.5 Å². The van der Waals surface area contributed by atoms with Crippen molar-refractivity contribution in [3.8, 4) is 5.75 Å². The van der Waals surface area contributed by atoms with Gasteiger partial charge >= 0.3 is 0 Å². The highest BCUT2D eigenvalue weighted by atomic mass is 35.5. The standard InChI is InChI=1S/C22H22ClF2N7O/c23-16-15(33-11-21(25)3-4-21)2-1-13(17(16)24)30-19-18-14(27-12-28-19)9-26-20(31-18)32-8-7-29-22(10-32)5-6-22/h1-2,9,12,29H,3-8,10-11H2,(H,27,28,30). The van der Waals surface area contributed by atoms with Crippen molar-refractivity contribution in [3.63, 3.8) is 0 Å². The van der Waals surface area contributed by atoms with Gasteiger partial charge in [-0.25, -0.2) is 28.7 Å². The largest absolute Gasteiger partial charge is 0.489 e. The van der Waals surface area contributed by atoms with Crippen molar-refractivity contribution < 1.29 is 13.5 Å². The molecule has 2 N–H and O–H groups in total. The predicted molar refractivity (Wildman–Crippen MR) is 121 cm³/mol. The summed E-state index contributed by atoms with van der Waals surface area (Å²) in [4.78, 5) is 19.8. The van der Waals surface area contributed by atoms with Gasteiger partial charge < -0.3 is 20.3 Å². The summed E-state index contributed by atoms with van der Waals surface area (Å²) in [6.07, 6.45) is 6.22. The van der Waals surface area contributed by atoms with Crippen LogP contribution in [0, 0.1) is 5.82 Å². The van der Waals surface area contributed by atoms with Crippen LogP contribution in [0.2, 0.25) is 5.02 Å². The van der Waals surface area contributed by atoms with E-state index in [1.165, 1.54) is 18.5 Å². The maximum atomic E-state index is 15.0. The Morgan fingerprint density at radius 2 is 2.03 bits per heavy atom. The summed E-state index contributed by atoms with van der Waals surface area (Å²) in [5.74, 6) is 0.324. The number of hydrogen-bond acceptors (Lipinski definition) is 8. The third kappa shape index (κ3) is 4.02. The minimum atomic E-state index is -1.32. The van der Waals surface area contributed by atoms with Crippen molar-refractivity contribution in [1.29, 1.82) is 0 Å². The number of nitrogens with zero attached hydrogens (tertiary/aromatic N) is 5. The molecule has 0 unspecified atom stereocenters. The van der Waals surface area contributed by atoms with Crippen LogP contribution in [-0.4, -0.2) is 57.4 Å². The fourth-order valence-corrected chi connectivity index (χ4v) is 4.28. The Balaban J connectivity index is 1.27. The SMILES string of the molecule is Fc1c(Nc2ncnc3cnc(N4CCNC5(CC5)C4)nc23)ccc(OCC2(F)CC2)c1Cl. The summed E-state index contributed by atoms with van der Waals surface area (Å²) < 4.78 is 34.2. The lowest BCUT2D eigenvalue weighted by Crippen LogP contribution is -2.53. The zero-order valence-electron chi connectivity index (χ0n) is 17.7. The van der Waals surface area contributed by atoms with Crippen LogP contribution in [0.4, 0.5) is 26.2 Å². The molecular formula is C22H22ClF2N7O. The first kappa shape index (κ1) is 20.7. The molecule has 0 atom stereocenters. The molecule has 6 rings (SSSR count). The molecule has 172 valence electrons. The molecule has 2 aliphatic carbocycles. The number of hydrogen-bond donors (Lipinski definition) is 2. The number of fused-ring (bicyclic) bond motifs is 1. The lowest BCUT2D eigenvalue weighted by molar-refractivity contribution is 0.177. The highest BCUT2D eigenvalue weighted by Gasteiger charge is 2.46. The number of anilines is 3. The van der Waals surface area contributed by atoms with E-state index < -0.39 is 11.5 Å². The van der Waals surface area contributed by atoms with Gasteiger partial charge in [0.1, 0.15) is 40.4 Å². The molecule has 3 aliphatic rings. The molecule has 3 heterocycles. The van der Waals surface area contributed by atoms with Crippen LogP contribution in [0.3, 0.4) is 0 Å². The molecule has 1 aliphatic heterocycles. The van der Waals surface area contributed by atoms with Gasteiger partial charge in [-0.2, -0.15) is 0 Å². The van der Waals surface area contributed by atoms with E-state index >= 15 is 0 Å². The maximum Gasteiger partial charge on any atom is 0.226 e. The molecule has 2 saturated carbocycles. The first-order valence-electron chi connectivity index (χ1n) is 11.0. The van der Waals surface area contributed by atoms with E-state index in [0.29, 0.717) is 35.6 Å². The molecule has 1 saturated heterocycles. The van der Waals surface area contributed by atoms with E-state index in [4.69, 9.17) is 21.3 Å². The minimum Gasteiger partial charge on any atom is -0.489 e. The fraction of sp³-hybridized carbons (Fsp3) is 0.455. The highest BCUT2D eigenvalue weighted by Crippen LogP contribution is 2.42. The molecule has 33 heavy (non-hydrogen) atoms. The van der Waals surface area contributed by atoms with Crippen LogP contribution in [0.5, 0.6) is 5.75 Å². The second kappa shape index (κ2) is 7.59. The summed E-state index contributed by atoms with van der Waals surface area (Å²) >= 11 is 6.16. The van der Waals surface area contributed by atoms with E-state index in [9.17, 15) is 8.78 Å². The molecule has 0 amide bonds. The summed E-state index contributed by atoms with van der Waals surface area (Å²) in [7, 11) is 0. The van der Waals surface area contributed by atoms with Crippen molar-refractivity contribution in [2.75, 3.05) is 36.5 Å². The molecule has 11 heteroatoms. The summed E-state index contributed by atoms with van der Waals surface area (Å²) in [6.45, 7) is 2.39. The molecule has 1 aromatic carbocycles. The van der Waals surface area contributed by atoms with Crippen LogP contribution >= 0.6 is 11.6 Å². The molecular weight excluding hydrogens is 452 g/mol. The minimum absolute atomic E-state index is 0.105. The Morgan fingerprint density at radius 3 is 2.82 bits per heavy atom. The first-order chi connectivity index (χ1) is 15.9. The van der Waals surface area contributed by atoms with Gasteiger partial charge in [-0.15, -0.1) is 0 Å². The molecule has 0 radical (unpaired) electrons. The van der Waals surface area contributed by atoms with Crippen LogP contribution in [0.15, 0.2) is 24.7 Å². The molecule has 8 nitrogen and oxygen atoms in total. The van der Waals surface area contributed by atoms with E-state index in [-0.39, 0.29) is 28.6 Å². The average molecular weight is 474 g/mol. The molecule has 0 bridgehead atoms. The monoisotopic (exact) mass is 473 g/mol. The van der Waals surface area contributed by atoms with Crippen molar-refractivity contribution in [2.24, 2.45) is 0 Å². The molecule has 1 spiro atoms. The summed E-state index contributed by atoms with van der Waals surface area (Å²) in [5, 5.41) is 6.32. The van der Waals surface area contributed by atoms with Crippen molar-refractivity contribution in [2.45, 2.75) is 36.9 Å². The number of benzene rings is 1. The van der Waals surface area contributed by atoms with Crippen LogP contribution in [0.1, 0.15) is 25.7 Å². The van der Waals surface area contributed by atoms with Crippen molar-refractivity contribution >= 4 is 40.1 Å². The van der Waals surface area contributed by atoms with Crippen molar-refractivity contribution in [1.82, 2.24) is 25.3 Å². The number of ether oxygens (including phenoxy) is 1. The van der Waals surface area contributed by atoms with Crippen molar-refractivity contribution in [3.05, 3.63) is 35.5 Å². The number of halogens is 3. The second-order valence-electron chi connectivity index (χ2n) is 9.06. The first-order valence-corrected chi connectivity index (χ1v) is 11.4. The number of nitrogens with one attached hydrogen (secondary N) is 2. The third-order valence-corrected chi connectivity index (χ3v) is 6.81. The quantitative estimate of drug-likeness (QED) is 0.559. The van der Waals surface area contributed by atoms with Gasteiger partial charge in [-0.1, -0.05) is 11.6 Å². The van der Waals surface area contributed by atoms with Crippen LogP contribution in [-0.2, 0) is 0 Å². The Morgan fingerprint density at radius 1 is 1.18 bits per heavy atom. The van der Waals surface area contributed by atoms with Gasteiger partial charge in [0.2, 0.25) is 5.95 Å². The van der Waals surface area contributed by atoms with Gasteiger partial charge in [0.05, 0.1) is 11.9 Å². The molecule has 2 aromatic heterocycles. The Kier molecular flexibility index (Phi) is 4.77. The number of piperazine rings is 1. The zero-order chi connectivity index (χ0) is 22.6. The number of aromatic nitrogens is 4. The second-order valence-corrected chi connectivity index (χ2v) is 9.44. The zero-order valence-corrected chi connectivity index (χ0v) is 18.5.